The Morgan fingerprint density at radius 1 is 0.971 bits per heavy atom. The summed E-state index contributed by atoms with van der Waals surface area (Å²) < 4.78 is 38.6. The van der Waals surface area contributed by atoms with E-state index >= 15 is 0 Å². The Balaban J connectivity index is 1.31. The standard InChI is InChI=1S/C25H30F3N5O2/c26-25(27,28)20-5-3-19(4-6-20)23(24(34)35)33-11-9-22(10-12-33)32-15-13-31(14-16-32)21-7-1-18(2-8-21)17-30-29/h1-8,17,22-23H,9-16,29H2,(H,34,35). The number of halogens is 3. The normalized spacial score (nSPS) is 19.8. The summed E-state index contributed by atoms with van der Waals surface area (Å²) in [6.45, 7) is 4.86. The molecule has 0 aromatic heterocycles. The number of alkyl halides is 3. The maximum absolute atomic E-state index is 12.9. The summed E-state index contributed by atoms with van der Waals surface area (Å²) >= 11 is 0. The van der Waals surface area contributed by atoms with E-state index in [1.165, 1.54) is 12.1 Å². The molecule has 2 fully saturated rings. The molecule has 2 saturated heterocycles. The Labute approximate surface area is 202 Å². The zero-order chi connectivity index (χ0) is 25.0. The second-order valence-electron chi connectivity index (χ2n) is 9.02. The van der Waals surface area contributed by atoms with Gasteiger partial charge in [0.2, 0.25) is 0 Å². The molecule has 2 aromatic rings. The molecule has 1 unspecified atom stereocenters. The van der Waals surface area contributed by atoms with Crippen molar-refractivity contribution in [2.75, 3.05) is 44.2 Å². The van der Waals surface area contributed by atoms with E-state index in [1.807, 2.05) is 17.0 Å². The molecule has 0 aliphatic carbocycles. The first-order valence-corrected chi connectivity index (χ1v) is 11.7. The lowest BCUT2D eigenvalue weighted by atomic mass is 9.97. The van der Waals surface area contributed by atoms with E-state index in [0.717, 1.165) is 62.4 Å². The van der Waals surface area contributed by atoms with Gasteiger partial charge in [0, 0.05) is 51.0 Å². The minimum Gasteiger partial charge on any atom is -0.480 e. The molecule has 188 valence electrons. The lowest BCUT2D eigenvalue weighted by molar-refractivity contribution is -0.144. The van der Waals surface area contributed by atoms with Gasteiger partial charge in [0.05, 0.1) is 11.8 Å². The molecule has 0 saturated carbocycles. The van der Waals surface area contributed by atoms with E-state index in [1.54, 1.807) is 6.21 Å². The van der Waals surface area contributed by atoms with Gasteiger partial charge in [-0.05, 0) is 48.2 Å². The van der Waals surface area contributed by atoms with Crippen molar-refractivity contribution in [1.29, 1.82) is 0 Å². The highest BCUT2D eigenvalue weighted by molar-refractivity contribution is 5.80. The molecule has 10 heteroatoms. The molecule has 1 atom stereocenters. The third kappa shape index (κ3) is 5.94. The summed E-state index contributed by atoms with van der Waals surface area (Å²) in [5.41, 5.74) is 1.72. The molecule has 2 aromatic carbocycles. The van der Waals surface area contributed by atoms with Gasteiger partial charge in [0.25, 0.3) is 0 Å². The average Bonchev–Trinajstić information content (AvgIpc) is 2.85. The molecule has 2 aliphatic rings. The minimum absolute atomic E-state index is 0.374. The number of nitrogens with two attached hydrogens (primary N) is 1. The number of hydrogen-bond donors (Lipinski definition) is 2. The smallest absolute Gasteiger partial charge is 0.416 e. The molecule has 0 spiro atoms. The van der Waals surface area contributed by atoms with E-state index in [2.05, 4.69) is 27.0 Å². The number of hydrogen-bond acceptors (Lipinski definition) is 6. The van der Waals surface area contributed by atoms with Crippen molar-refractivity contribution in [2.45, 2.75) is 31.1 Å². The molecule has 3 N–H and O–H groups in total. The zero-order valence-electron chi connectivity index (χ0n) is 19.4. The van der Waals surface area contributed by atoms with Gasteiger partial charge in [0.1, 0.15) is 6.04 Å². The number of piperazine rings is 1. The number of piperidine rings is 1. The highest BCUT2D eigenvalue weighted by atomic mass is 19.4. The van der Waals surface area contributed by atoms with E-state index in [9.17, 15) is 23.1 Å². The van der Waals surface area contributed by atoms with Crippen LogP contribution >= 0.6 is 0 Å². The average molecular weight is 490 g/mol. The fourth-order valence-corrected chi connectivity index (χ4v) is 5.08. The number of hydrazone groups is 1. The van der Waals surface area contributed by atoms with Gasteiger partial charge in [-0.3, -0.25) is 14.6 Å². The highest BCUT2D eigenvalue weighted by Gasteiger charge is 2.35. The van der Waals surface area contributed by atoms with Crippen LogP contribution in [0.3, 0.4) is 0 Å². The largest absolute Gasteiger partial charge is 0.480 e. The van der Waals surface area contributed by atoms with Crippen LogP contribution in [0, 0.1) is 0 Å². The van der Waals surface area contributed by atoms with Gasteiger partial charge < -0.3 is 15.8 Å². The van der Waals surface area contributed by atoms with Crippen LogP contribution in [0.1, 0.15) is 35.6 Å². The molecule has 2 aliphatic heterocycles. The Kier molecular flexibility index (Phi) is 7.61. The first-order valence-electron chi connectivity index (χ1n) is 11.7. The highest BCUT2D eigenvalue weighted by Crippen LogP contribution is 2.32. The number of carboxylic acid groups (broad SMARTS) is 1. The molecule has 7 nitrogen and oxygen atoms in total. The Morgan fingerprint density at radius 3 is 2.09 bits per heavy atom. The van der Waals surface area contributed by atoms with E-state index < -0.39 is 23.8 Å². The van der Waals surface area contributed by atoms with Gasteiger partial charge in [-0.15, -0.1) is 0 Å². The molecule has 4 rings (SSSR count). The third-order valence-corrected chi connectivity index (χ3v) is 6.96. The fraction of sp³-hybridized carbons (Fsp3) is 0.440. The number of rotatable bonds is 6. The topological polar surface area (TPSA) is 85.4 Å². The van der Waals surface area contributed by atoms with Gasteiger partial charge in [-0.1, -0.05) is 24.3 Å². The second-order valence-corrected chi connectivity index (χ2v) is 9.02. The van der Waals surface area contributed by atoms with E-state index in [0.29, 0.717) is 24.7 Å². The molecule has 35 heavy (non-hydrogen) atoms. The predicted molar refractivity (Wildman–Crippen MR) is 128 cm³/mol. The van der Waals surface area contributed by atoms with E-state index in [-0.39, 0.29) is 0 Å². The predicted octanol–water partition coefficient (Wildman–Crippen LogP) is 3.41. The van der Waals surface area contributed by atoms with Gasteiger partial charge >= 0.3 is 12.1 Å². The Morgan fingerprint density at radius 2 is 1.57 bits per heavy atom. The minimum atomic E-state index is -4.44. The van der Waals surface area contributed by atoms with Crippen LogP contribution < -0.4 is 10.7 Å². The van der Waals surface area contributed by atoms with Crippen molar-refractivity contribution in [3.63, 3.8) is 0 Å². The second kappa shape index (κ2) is 10.7. The van der Waals surface area contributed by atoms with Crippen molar-refractivity contribution < 1.29 is 23.1 Å². The maximum Gasteiger partial charge on any atom is 0.416 e. The molecule has 0 radical (unpaired) electrons. The molecular weight excluding hydrogens is 459 g/mol. The van der Waals surface area contributed by atoms with Gasteiger partial charge in [-0.25, -0.2) is 0 Å². The lowest BCUT2D eigenvalue weighted by Crippen LogP contribution is -2.54. The summed E-state index contributed by atoms with van der Waals surface area (Å²) in [7, 11) is 0. The van der Waals surface area contributed by atoms with E-state index in [4.69, 9.17) is 5.84 Å². The SMILES string of the molecule is NN=Cc1ccc(N2CCN(C3CCN(C(C(=O)O)c4ccc(C(F)(F)F)cc4)CC3)CC2)cc1. The van der Waals surface area contributed by atoms with Crippen molar-refractivity contribution in [1.82, 2.24) is 9.80 Å². The van der Waals surface area contributed by atoms with Gasteiger partial charge in [0.15, 0.2) is 0 Å². The van der Waals surface area contributed by atoms with Crippen LogP contribution in [0.2, 0.25) is 0 Å². The molecule has 0 bridgehead atoms. The number of benzene rings is 2. The van der Waals surface area contributed by atoms with Crippen molar-refractivity contribution in [3.8, 4) is 0 Å². The zero-order valence-corrected chi connectivity index (χ0v) is 19.4. The summed E-state index contributed by atoms with van der Waals surface area (Å²) in [6, 6.07) is 12.0. The van der Waals surface area contributed by atoms with Crippen LogP contribution in [0.25, 0.3) is 0 Å². The van der Waals surface area contributed by atoms with Crippen LogP contribution in [-0.4, -0.2) is 72.4 Å². The maximum atomic E-state index is 12.9. The summed E-state index contributed by atoms with van der Waals surface area (Å²) in [6.07, 6.45) is -1.17. The number of carboxylic acids is 1. The van der Waals surface area contributed by atoms with Crippen LogP contribution in [0.15, 0.2) is 53.6 Å². The van der Waals surface area contributed by atoms with Crippen molar-refractivity contribution >= 4 is 17.9 Å². The Bertz CT molecular complexity index is 1010. The first kappa shape index (κ1) is 25.0. The molecule has 0 amide bonds. The van der Waals surface area contributed by atoms with Crippen LogP contribution in [0.5, 0.6) is 0 Å². The number of nitrogens with zero attached hydrogens (tertiary/aromatic N) is 4. The quantitative estimate of drug-likeness (QED) is 0.368. The summed E-state index contributed by atoms with van der Waals surface area (Å²) in [5, 5.41) is 13.4. The first-order chi connectivity index (χ1) is 16.8. The van der Waals surface area contributed by atoms with Crippen molar-refractivity contribution in [3.05, 3.63) is 65.2 Å². The number of likely N-dealkylation sites (tertiary alicyclic amines) is 1. The number of aliphatic carboxylic acids is 1. The van der Waals surface area contributed by atoms with Gasteiger partial charge in [-0.2, -0.15) is 18.3 Å². The summed E-state index contributed by atoms with van der Waals surface area (Å²) in [4.78, 5) is 18.7. The monoisotopic (exact) mass is 489 g/mol. The fourth-order valence-electron chi connectivity index (χ4n) is 5.08. The van der Waals surface area contributed by atoms with Crippen LogP contribution in [-0.2, 0) is 11.0 Å². The number of carbonyl (C=O) groups is 1. The van der Waals surface area contributed by atoms with Crippen molar-refractivity contribution in [2.24, 2.45) is 10.9 Å². The summed E-state index contributed by atoms with van der Waals surface area (Å²) in [5.74, 6) is 4.16. The molecule has 2 heterocycles. The molecular formula is C25H30F3N5O2. The van der Waals surface area contributed by atoms with Crippen LogP contribution in [0.4, 0.5) is 18.9 Å². The third-order valence-electron chi connectivity index (χ3n) is 6.96. The lowest BCUT2D eigenvalue weighted by Gasteiger charge is -2.44. The Hall–Kier alpha value is -3.11. The number of anilines is 1.